The monoisotopic (exact) mass is 265 g/mol. The molecule has 0 amide bonds. The molecule has 0 saturated heterocycles. The highest BCUT2D eigenvalue weighted by Gasteiger charge is 2.24. The Hall–Kier alpha value is -1.03. The number of nitrogen functional groups attached to an aromatic ring is 1. The third-order valence-electron chi connectivity index (χ3n) is 3.13. The fourth-order valence-electron chi connectivity index (χ4n) is 2.06. The molecule has 0 atom stereocenters. The number of hydrogen-bond donors (Lipinski definition) is 1. The fourth-order valence-corrected chi connectivity index (χ4v) is 2.40. The predicted octanol–water partition coefficient (Wildman–Crippen LogP) is 2.95. The summed E-state index contributed by atoms with van der Waals surface area (Å²) in [4.78, 5) is 4.47. The number of pyridine rings is 1. The highest BCUT2D eigenvalue weighted by atomic mass is 79.9. The molecule has 0 radical (unpaired) electrons. The van der Waals surface area contributed by atoms with E-state index in [0.29, 0.717) is 11.7 Å². The van der Waals surface area contributed by atoms with E-state index < -0.39 is 0 Å². The Kier molecular flexibility index (Phi) is 1.99. The molecule has 78 valence electrons. The molecule has 0 unspecified atom stereocenters. The maximum atomic E-state index is 5.90. The molecule has 2 N–H and O–H groups in total. The topological polar surface area (TPSA) is 43.3 Å². The molecule has 0 bridgehead atoms. The van der Waals surface area contributed by atoms with Gasteiger partial charge in [0.05, 0.1) is 5.52 Å². The first kappa shape index (κ1) is 9.21. The molecule has 15 heavy (non-hydrogen) atoms. The molecule has 0 aliphatic heterocycles. The molecule has 1 fully saturated rings. The van der Waals surface area contributed by atoms with Crippen LogP contribution in [0, 0.1) is 0 Å². The molecule has 1 saturated carbocycles. The van der Waals surface area contributed by atoms with Gasteiger partial charge in [-0.2, -0.15) is 0 Å². The van der Waals surface area contributed by atoms with E-state index in [1.165, 1.54) is 19.3 Å². The highest BCUT2D eigenvalue weighted by molar-refractivity contribution is 9.10. The highest BCUT2D eigenvalue weighted by Crippen LogP contribution is 2.37. The first-order valence-corrected chi connectivity index (χ1v) is 5.98. The van der Waals surface area contributed by atoms with Gasteiger partial charge in [0.2, 0.25) is 0 Å². The molecule has 1 aliphatic rings. The van der Waals surface area contributed by atoms with Crippen molar-refractivity contribution in [3.63, 3.8) is 0 Å². The lowest BCUT2D eigenvalue weighted by Gasteiger charge is -2.23. The van der Waals surface area contributed by atoms with Crippen LogP contribution in [-0.2, 0) is 0 Å². The third-order valence-corrected chi connectivity index (χ3v) is 3.60. The van der Waals surface area contributed by atoms with Crippen LogP contribution in [0.1, 0.15) is 31.0 Å². The zero-order valence-electron chi connectivity index (χ0n) is 8.28. The first-order chi connectivity index (χ1) is 7.25. The molecule has 2 aromatic heterocycles. The number of aromatic nitrogens is 2. The van der Waals surface area contributed by atoms with E-state index in [1.807, 2.05) is 18.3 Å². The molecule has 3 nitrogen and oxygen atoms in total. The van der Waals surface area contributed by atoms with Gasteiger partial charge in [0.15, 0.2) is 0 Å². The van der Waals surface area contributed by atoms with Crippen LogP contribution >= 0.6 is 15.9 Å². The minimum Gasteiger partial charge on any atom is -0.382 e. The molecular formula is C11H12BrN3. The molecule has 2 aromatic rings. The van der Waals surface area contributed by atoms with Crippen molar-refractivity contribution >= 4 is 27.3 Å². The van der Waals surface area contributed by atoms with Gasteiger partial charge < -0.3 is 10.1 Å². The van der Waals surface area contributed by atoms with Crippen molar-refractivity contribution in [1.29, 1.82) is 0 Å². The Balaban J connectivity index is 2.24. The average molecular weight is 266 g/mol. The Labute approximate surface area is 96.4 Å². The van der Waals surface area contributed by atoms with Crippen molar-refractivity contribution in [1.82, 2.24) is 9.38 Å². The summed E-state index contributed by atoms with van der Waals surface area (Å²) in [5.41, 5.74) is 6.91. The normalized spacial score (nSPS) is 16.9. The second-order valence-corrected chi connectivity index (χ2v) is 5.00. The zero-order chi connectivity index (χ0) is 10.4. The quantitative estimate of drug-likeness (QED) is 0.862. The van der Waals surface area contributed by atoms with Gasteiger partial charge in [-0.3, -0.25) is 0 Å². The summed E-state index contributed by atoms with van der Waals surface area (Å²) in [6.07, 6.45) is 5.84. The molecule has 1 aliphatic carbocycles. The van der Waals surface area contributed by atoms with Gasteiger partial charge in [-0.05, 0) is 40.9 Å². The van der Waals surface area contributed by atoms with Gasteiger partial charge in [0.25, 0.3) is 0 Å². The van der Waals surface area contributed by atoms with Crippen LogP contribution < -0.4 is 5.73 Å². The lowest BCUT2D eigenvalue weighted by atomic mass is 9.85. The summed E-state index contributed by atoms with van der Waals surface area (Å²) in [7, 11) is 0. The first-order valence-electron chi connectivity index (χ1n) is 5.18. The summed E-state index contributed by atoms with van der Waals surface area (Å²) < 4.78 is 3.18. The largest absolute Gasteiger partial charge is 0.382 e. The van der Waals surface area contributed by atoms with E-state index in [9.17, 15) is 0 Å². The molecule has 0 spiro atoms. The fraction of sp³-hybridized carbons (Fsp3) is 0.364. The van der Waals surface area contributed by atoms with Crippen molar-refractivity contribution < 1.29 is 0 Å². The third kappa shape index (κ3) is 1.35. The van der Waals surface area contributed by atoms with E-state index in [1.54, 1.807) is 0 Å². The van der Waals surface area contributed by atoms with Crippen molar-refractivity contribution in [2.24, 2.45) is 0 Å². The summed E-state index contributed by atoms with van der Waals surface area (Å²) in [6, 6.07) is 4.01. The summed E-state index contributed by atoms with van der Waals surface area (Å²) in [5.74, 6) is 2.36. The van der Waals surface area contributed by atoms with Crippen LogP contribution in [-0.4, -0.2) is 9.38 Å². The Morgan fingerprint density at radius 2 is 2.20 bits per heavy atom. The number of nitrogens with zero attached hydrogens (tertiary/aromatic N) is 2. The van der Waals surface area contributed by atoms with Gasteiger partial charge in [0, 0.05) is 16.6 Å². The van der Waals surface area contributed by atoms with Gasteiger partial charge in [-0.1, -0.05) is 6.42 Å². The van der Waals surface area contributed by atoms with Crippen LogP contribution in [0.4, 0.5) is 5.82 Å². The Bertz CT molecular complexity index is 514. The lowest BCUT2D eigenvalue weighted by molar-refractivity contribution is 0.400. The summed E-state index contributed by atoms with van der Waals surface area (Å²) >= 11 is 3.48. The minimum absolute atomic E-state index is 0.601. The lowest BCUT2D eigenvalue weighted by Crippen LogP contribution is -2.12. The Morgan fingerprint density at radius 1 is 1.40 bits per heavy atom. The van der Waals surface area contributed by atoms with Gasteiger partial charge in [0.1, 0.15) is 11.6 Å². The minimum atomic E-state index is 0.601. The molecule has 0 aromatic carbocycles. The maximum absolute atomic E-state index is 5.90. The van der Waals surface area contributed by atoms with Crippen molar-refractivity contribution in [3.8, 4) is 0 Å². The molecule has 3 rings (SSSR count). The van der Waals surface area contributed by atoms with E-state index in [-0.39, 0.29) is 0 Å². The van der Waals surface area contributed by atoms with Crippen molar-refractivity contribution in [2.45, 2.75) is 25.2 Å². The standard InChI is InChI=1S/C11H12BrN3/c12-8-4-5-9-10(13)14-11(15(9)6-8)7-2-1-3-7/h4-7H,1-3,13H2. The predicted molar refractivity (Wildman–Crippen MR) is 63.9 cm³/mol. The second-order valence-electron chi connectivity index (χ2n) is 4.09. The SMILES string of the molecule is Nc1nc(C2CCC2)n2cc(Br)ccc12. The van der Waals surface area contributed by atoms with Gasteiger partial charge in [-0.25, -0.2) is 4.98 Å². The van der Waals surface area contributed by atoms with Crippen LogP contribution in [0.2, 0.25) is 0 Å². The summed E-state index contributed by atoms with van der Waals surface area (Å²) in [5, 5.41) is 0. The van der Waals surface area contributed by atoms with E-state index >= 15 is 0 Å². The smallest absolute Gasteiger partial charge is 0.149 e. The number of nitrogens with two attached hydrogens (primary N) is 1. The van der Waals surface area contributed by atoms with Crippen molar-refractivity contribution in [2.75, 3.05) is 5.73 Å². The number of anilines is 1. The number of rotatable bonds is 1. The average Bonchev–Trinajstić information content (AvgIpc) is 2.41. The van der Waals surface area contributed by atoms with Crippen LogP contribution in [0.5, 0.6) is 0 Å². The van der Waals surface area contributed by atoms with E-state index in [4.69, 9.17) is 5.73 Å². The van der Waals surface area contributed by atoms with Crippen LogP contribution in [0.25, 0.3) is 5.52 Å². The van der Waals surface area contributed by atoms with Gasteiger partial charge >= 0.3 is 0 Å². The summed E-state index contributed by atoms with van der Waals surface area (Å²) in [6.45, 7) is 0. The Morgan fingerprint density at radius 3 is 2.87 bits per heavy atom. The van der Waals surface area contributed by atoms with Crippen LogP contribution in [0.3, 0.4) is 0 Å². The number of fused-ring (bicyclic) bond motifs is 1. The van der Waals surface area contributed by atoms with Crippen LogP contribution in [0.15, 0.2) is 22.8 Å². The van der Waals surface area contributed by atoms with Gasteiger partial charge in [-0.15, -0.1) is 0 Å². The number of imidazole rings is 1. The zero-order valence-corrected chi connectivity index (χ0v) is 9.87. The maximum Gasteiger partial charge on any atom is 0.149 e. The number of halogens is 1. The molecular weight excluding hydrogens is 254 g/mol. The molecule has 4 heteroatoms. The number of hydrogen-bond acceptors (Lipinski definition) is 2. The van der Waals surface area contributed by atoms with Crippen molar-refractivity contribution in [3.05, 3.63) is 28.6 Å². The molecule has 2 heterocycles. The second kappa shape index (κ2) is 3.23. The van der Waals surface area contributed by atoms with E-state index in [2.05, 4.69) is 25.3 Å². The van der Waals surface area contributed by atoms with E-state index in [0.717, 1.165) is 15.8 Å².